The Kier molecular flexibility index (Phi) is 5.00. The molecule has 0 radical (unpaired) electrons. The van der Waals surface area contributed by atoms with Crippen LogP contribution in [-0.2, 0) is 23.0 Å². The van der Waals surface area contributed by atoms with Crippen molar-refractivity contribution in [3.05, 3.63) is 30.0 Å². The van der Waals surface area contributed by atoms with E-state index in [2.05, 4.69) is 10.1 Å². The highest BCUT2D eigenvalue weighted by atomic mass is 32.2. The Morgan fingerprint density at radius 3 is 2.54 bits per heavy atom. The minimum atomic E-state index is -3.65. The average molecular weight is 407 g/mol. The number of nitrogens with zero attached hydrogens (tertiary/aromatic N) is 6. The maximum absolute atomic E-state index is 12.9. The van der Waals surface area contributed by atoms with Crippen LogP contribution in [0.5, 0.6) is 0 Å². The van der Waals surface area contributed by atoms with Gasteiger partial charge in [-0.15, -0.1) is 0 Å². The summed E-state index contributed by atoms with van der Waals surface area (Å²) in [7, 11) is -3.65. The molecule has 0 spiro atoms. The Morgan fingerprint density at radius 2 is 1.86 bits per heavy atom. The largest absolute Gasteiger partial charge is 0.336 e. The van der Waals surface area contributed by atoms with E-state index < -0.39 is 10.0 Å². The number of hydrogen-bond acceptors (Lipinski definition) is 5. The lowest BCUT2D eigenvalue weighted by Crippen LogP contribution is -2.50. The first kappa shape index (κ1) is 19.1. The summed E-state index contributed by atoms with van der Waals surface area (Å²) in [6, 6.07) is 0.146. The van der Waals surface area contributed by atoms with E-state index in [4.69, 9.17) is 0 Å². The van der Waals surface area contributed by atoms with Gasteiger partial charge >= 0.3 is 0 Å². The molecule has 0 aromatic carbocycles. The fraction of sp³-hybridized carbons (Fsp3) is 0.611. The molecule has 2 aliphatic rings. The second-order valence-electron chi connectivity index (χ2n) is 7.63. The van der Waals surface area contributed by atoms with Crippen LogP contribution in [0, 0.1) is 0 Å². The van der Waals surface area contributed by atoms with Gasteiger partial charge in [0.05, 0.1) is 23.8 Å². The Labute approximate surface area is 165 Å². The summed E-state index contributed by atoms with van der Waals surface area (Å²) in [6.07, 6.45) is 7.79. The van der Waals surface area contributed by atoms with Crippen LogP contribution in [0.1, 0.15) is 48.8 Å². The zero-order valence-electron chi connectivity index (χ0n) is 16.3. The molecule has 0 aliphatic carbocycles. The van der Waals surface area contributed by atoms with Crippen LogP contribution >= 0.6 is 0 Å². The van der Waals surface area contributed by atoms with Gasteiger partial charge in [0.25, 0.3) is 15.9 Å². The molecule has 28 heavy (non-hydrogen) atoms. The van der Waals surface area contributed by atoms with E-state index in [0.717, 1.165) is 31.5 Å². The molecule has 2 aromatic rings. The smallest absolute Gasteiger partial charge is 0.262 e. The standard InChI is InChI=1S/C18H26N6O3S/c1-14(2)22-12-17(19-13-22)28(26,27)23-9-7-21(8-10-23)18(25)15-11-20-24-6-4-3-5-16(15)24/h11-14H,3-10H2,1-2H3. The van der Waals surface area contributed by atoms with Gasteiger partial charge in [-0.05, 0) is 33.1 Å². The van der Waals surface area contributed by atoms with E-state index in [0.29, 0.717) is 18.7 Å². The number of hydrogen-bond donors (Lipinski definition) is 0. The number of aromatic nitrogens is 4. The number of carbonyl (C=O) groups is 1. The molecule has 9 nitrogen and oxygen atoms in total. The summed E-state index contributed by atoms with van der Waals surface area (Å²) in [5.41, 5.74) is 1.66. The van der Waals surface area contributed by atoms with Crippen molar-refractivity contribution in [3.8, 4) is 0 Å². The van der Waals surface area contributed by atoms with Crippen LogP contribution in [0.4, 0.5) is 0 Å². The maximum atomic E-state index is 12.9. The number of carbonyl (C=O) groups excluding carboxylic acids is 1. The second-order valence-corrected chi connectivity index (χ2v) is 9.52. The Morgan fingerprint density at radius 1 is 1.11 bits per heavy atom. The molecule has 0 N–H and O–H groups in total. The lowest BCUT2D eigenvalue weighted by atomic mass is 10.1. The lowest BCUT2D eigenvalue weighted by molar-refractivity contribution is 0.0696. The Balaban J connectivity index is 1.44. The molecule has 4 rings (SSSR count). The molecule has 1 saturated heterocycles. The van der Waals surface area contributed by atoms with Crippen molar-refractivity contribution in [2.75, 3.05) is 26.2 Å². The van der Waals surface area contributed by atoms with Gasteiger partial charge in [0.1, 0.15) is 0 Å². The van der Waals surface area contributed by atoms with E-state index in [-0.39, 0.29) is 30.1 Å². The molecule has 0 bridgehead atoms. The van der Waals surface area contributed by atoms with Gasteiger partial charge in [0, 0.05) is 45.0 Å². The molecule has 0 atom stereocenters. The molecular formula is C18H26N6O3S. The minimum absolute atomic E-state index is 0.0516. The summed E-state index contributed by atoms with van der Waals surface area (Å²) in [6.45, 7) is 6.08. The molecule has 0 saturated carbocycles. The van der Waals surface area contributed by atoms with Crippen LogP contribution < -0.4 is 0 Å². The minimum Gasteiger partial charge on any atom is -0.336 e. The fourth-order valence-corrected chi connectivity index (χ4v) is 5.11. The SMILES string of the molecule is CC(C)n1cnc(S(=O)(=O)N2CCN(C(=O)c3cnn4c3CCCC4)CC2)c1. The fourth-order valence-electron chi connectivity index (χ4n) is 3.77. The van der Waals surface area contributed by atoms with Crippen LogP contribution in [0.3, 0.4) is 0 Å². The van der Waals surface area contributed by atoms with Gasteiger partial charge < -0.3 is 9.47 Å². The topological polar surface area (TPSA) is 93.3 Å². The van der Waals surface area contributed by atoms with Crippen molar-refractivity contribution < 1.29 is 13.2 Å². The normalized spacial score (nSPS) is 18.5. The molecular weight excluding hydrogens is 380 g/mol. The van der Waals surface area contributed by atoms with Gasteiger partial charge in [0.15, 0.2) is 5.03 Å². The third-order valence-corrected chi connectivity index (χ3v) is 7.30. The maximum Gasteiger partial charge on any atom is 0.262 e. The van der Waals surface area contributed by atoms with Crippen molar-refractivity contribution in [2.45, 2.75) is 50.7 Å². The first-order chi connectivity index (χ1) is 13.4. The third-order valence-electron chi connectivity index (χ3n) is 5.52. The molecule has 4 heterocycles. The molecule has 10 heteroatoms. The Bertz CT molecular complexity index is 969. The van der Waals surface area contributed by atoms with E-state index >= 15 is 0 Å². The number of piperazine rings is 1. The van der Waals surface area contributed by atoms with E-state index in [9.17, 15) is 13.2 Å². The average Bonchev–Trinajstić information content (AvgIpc) is 3.35. The predicted molar refractivity (Wildman–Crippen MR) is 102 cm³/mol. The predicted octanol–water partition coefficient (Wildman–Crippen LogP) is 1.14. The number of imidazole rings is 1. The zero-order valence-corrected chi connectivity index (χ0v) is 17.1. The monoisotopic (exact) mass is 406 g/mol. The second kappa shape index (κ2) is 7.32. The first-order valence-electron chi connectivity index (χ1n) is 9.75. The number of sulfonamides is 1. The highest BCUT2D eigenvalue weighted by molar-refractivity contribution is 7.89. The molecule has 2 aromatic heterocycles. The van der Waals surface area contributed by atoms with Crippen molar-refractivity contribution in [1.29, 1.82) is 0 Å². The van der Waals surface area contributed by atoms with Crippen LogP contribution in [0.25, 0.3) is 0 Å². The van der Waals surface area contributed by atoms with E-state index in [1.807, 2.05) is 18.5 Å². The summed E-state index contributed by atoms with van der Waals surface area (Å²) < 4.78 is 30.8. The summed E-state index contributed by atoms with van der Waals surface area (Å²) in [4.78, 5) is 18.7. The number of rotatable bonds is 4. The van der Waals surface area contributed by atoms with Gasteiger partial charge in [-0.2, -0.15) is 9.40 Å². The van der Waals surface area contributed by atoms with Crippen molar-refractivity contribution in [3.63, 3.8) is 0 Å². The van der Waals surface area contributed by atoms with Crippen LogP contribution in [-0.4, -0.2) is 69.0 Å². The van der Waals surface area contributed by atoms with Gasteiger partial charge in [-0.25, -0.2) is 13.4 Å². The number of aryl methyl sites for hydroxylation is 1. The Hall–Kier alpha value is -2.20. The molecule has 1 fully saturated rings. The number of amides is 1. The van der Waals surface area contributed by atoms with Crippen LogP contribution in [0.15, 0.2) is 23.7 Å². The quantitative estimate of drug-likeness (QED) is 0.759. The molecule has 0 unspecified atom stereocenters. The highest BCUT2D eigenvalue weighted by Crippen LogP contribution is 2.22. The highest BCUT2D eigenvalue weighted by Gasteiger charge is 2.33. The van der Waals surface area contributed by atoms with Crippen molar-refractivity contribution in [1.82, 2.24) is 28.5 Å². The third kappa shape index (κ3) is 3.35. The summed E-state index contributed by atoms with van der Waals surface area (Å²) in [5.74, 6) is -0.0516. The summed E-state index contributed by atoms with van der Waals surface area (Å²) in [5, 5.41) is 4.40. The van der Waals surface area contributed by atoms with Crippen molar-refractivity contribution >= 4 is 15.9 Å². The van der Waals surface area contributed by atoms with E-state index in [1.54, 1.807) is 28.2 Å². The van der Waals surface area contributed by atoms with Crippen LogP contribution in [0.2, 0.25) is 0 Å². The first-order valence-corrected chi connectivity index (χ1v) is 11.2. The van der Waals surface area contributed by atoms with E-state index in [1.165, 1.54) is 4.31 Å². The van der Waals surface area contributed by atoms with Gasteiger partial charge in [-0.1, -0.05) is 0 Å². The molecule has 2 aliphatic heterocycles. The van der Waals surface area contributed by atoms with Gasteiger partial charge in [-0.3, -0.25) is 9.48 Å². The lowest BCUT2D eigenvalue weighted by Gasteiger charge is -2.33. The molecule has 1 amide bonds. The zero-order chi connectivity index (χ0) is 19.9. The number of fused-ring (bicyclic) bond motifs is 1. The van der Waals surface area contributed by atoms with Crippen molar-refractivity contribution in [2.24, 2.45) is 0 Å². The van der Waals surface area contributed by atoms with Gasteiger partial charge in [0.2, 0.25) is 0 Å². The molecule has 152 valence electrons. The summed E-state index contributed by atoms with van der Waals surface area (Å²) >= 11 is 0.